The van der Waals surface area contributed by atoms with Crippen molar-refractivity contribution in [3.8, 4) is 0 Å². The maximum absolute atomic E-state index is 6.28. The number of rotatable bonds is 22. The van der Waals surface area contributed by atoms with Crippen molar-refractivity contribution in [2.75, 3.05) is 12.4 Å². The average molecular weight is 530 g/mol. The second-order valence-electron chi connectivity index (χ2n) is 9.20. The number of nitrogens with zero attached hydrogens (tertiary/aromatic N) is 3. The van der Waals surface area contributed by atoms with Crippen LogP contribution in [0.1, 0.15) is 142 Å². The van der Waals surface area contributed by atoms with Crippen LogP contribution in [-0.4, -0.2) is 32.4 Å². The Labute approximate surface area is 224 Å². The average Bonchev–Trinajstić information content (AvgIpc) is 2.82. The summed E-state index contributed by atoms with van der Waals surface area (Å²) in [5.41, 5.74) is 0. The van der Waals surface area contributed by atoms with Gasteiger partial charge in [0.1, 0.15) is 5.82 Å². The number of unbranched alkanes of at least 4 members (excludes halogenated alkanes) is 13. The number of hydrogen-bond donors (Lipinski definition) is 0. The van der Waals surface area contributed by atoms with Gasteiger partial charge in [-0.25, -0.2) is 9.97 Å². The van der Waals surface area contributed by atoms with Crippen molar-refractivity contribution in [2.24, 2.45) is 0 Å². The molecule has 1 atom stereocenters. The number of aromatic nitrogens is 3. The fourth-order valence-electron chi connectivity index (χ4n) is 3.88. The molecule has 0 aliphatic heterocycles. The van der Waals surface area contributed by atoms with E-state index in [9.17, 15) is 0 Å². The lowest BCUT2D eigenvalue weighted by molar-refractivity contribution is 0.284. The summed E-state index contributed by atoms with van der Waals surface area (Å²) in [5.74, 6) is 1.57. The van der Waals surface area contributed by atoms with Crippen LogP contribution in [0.25, 0.3) is 0 Å². The number of thioether (sulfide) groups is 1. The van der Waals surface area contributed by atoms with Crippen LogP contribution in [0.5, 0.6) is 0 Å². The molecule has 0 amide bonds. The van der Waals surface area contributed by atoms with Crippen molar-refractivity contribution in [3.05, 3.63) is 11.1 Å². The van der Waals surface area contributed by atoms with Crippen molar-refractivity contribution in [1.82, 2.24) is 15.0 Å². The van der Waals surface area contributed by atoms with E-state index in [4.69, 9.17) is 33.5 Å². The molecule has 7 heteroatoms. The first-order chi connectivity index (χ1) is 16.6. The maximum Gasteiger partial charge on any atom is 0.226 e. The topological polar surface area (TPSA) is 47.9 Å². The minimum absolute atomic E-state index is 0.0991. The summed E-state index contributed by atoms with van der Waals surface area (Å²) < 4.78 is 5.98. The molecule has 0 aliphatic rings. The van der Waals surface area contributed by atoms with Gasteiger partial charge in [0.2, 0.25) is 5.28 Å². The number of ether oxygens (including phenoxy) is 1. The molecule has 34 heavy (non-hydrogen) atoms. The van der Waals surface area contributed by atoms with Crippen LogP contribution >= 0.6 is 35.6 Å². The second kappa shape index (κ2) is 21.8. The standard InChI is InChI=1S/C27H48ClN3OS2/c1-4-7-10-12-14-15-17-19-22-34-27-30-24(29-26(28)31-27)23(20-9-6-3)25(33)32-21-18-16-13-11-8-5-2/h23H,4-22H2,1-3H3. The predicted molar refractivity (Wildman–Crippen MR) is 152 cm³/mol. The van der Waals surface area contributed by atoms with E-state index >= 15 is 0 Å². The second-order valence-corrected chi connectivity index (χ2v) is 11.0. The van der Waals surface area contributed by atoms with E-state index in [0.717, 1.165) is 31.4 Å². The molecule has 0 spiro atoms. The molecule has 1 aromatic rings. The zero-order valence-electron chi connectivity index (χ0n) is 22.0. The van der Waals surface area contributed by atoms with Gasteiger partial charge < -0.3 is 4.74 Å². The Morgan fingerprint density at radius 1 is 0.765 bits per heavy atom. The van der Waals surface area contributed by atoms with Gasteiger partial charge in [0.15, 0.2) is 10.2 Å². The van der Waals surface area contributed by atoms with Crippen molar-refractivity contribution in [3.63, 3.8) is 0 Å². The molecule has 1 aromatic heterocycles. The van der Waals surface area contributed by atoms with Crippen LogP contribution in [0, 0.1) is 0 Å². The molecule has 196 valence electrons. The Bertz CT molecular complexity index is 648. The quantitative estimate of drug-likeness (QED) is 0.0845. The van der Waals surface area contributed by atoms with E-state index in [-0.39, 0.29) is 11.2 Å². The molecule has 0 aromatic carbocycles. The molecule has 0 aliphatic carbocycles. The monoisotopic (exact) mass is 529 g/mol. The van der Waals surface area contributed by atoms with Gasteiger partial charge in [-0.05, 0) is 43.1 Å². The maximum atomic E-state index is 6.28. The first-order valence-electron chi connectivity index (χ1n) is 13.8. The third-order valence-corrected chi connectivity index (χ3v) is 7.52. The summed E-state index contributed by atoms with van der Waals surface area (Å²) in [6.07, 6.45) is 21.0. The largest absolute Gasteiger partial charge is 0.486 e. The number of hydrogen-bond acceptors (Lipinski definition) is 6. The van der Waals surface area contributed by atoms with Crippen LogP contribution in [0.3, 0.4) is 0 Å². The van der Waals surface area contributed by atoms with Crippen LogP contribution in [0.15, 0.2) is 5.16 Å². The highest BCUT2D eigenvalue weighted by Crippen LogP contribution is 2.26. The van der Waals surface area contributed by atoms with Crippen LogP contribution in [0.2, 0.25) is 5.28 Å². The molecule has 0 N–H and O–H groups in total. The molecule has 1 unspecified atom stereocenters. The number of thiocarbonyl (C=S) groups is 1. The van der Waals surface area contributed by atoms with Gasteiger partial charge >= 0.3 is 0 Å². The van der Waals surface area contributed by atoms with Gasteiger partial charge in [-0.3, -0.25) is 0 Å². The third kappa shape index (κ3) is 15.5. The van der Waals surface area contributed by atoms with E-state index < -0.39 is 0 Å². The van der Waals surface area contributed by atoms with Crippen molar-refractivity contribution < 1.29 is 4.74 Å². The van der Waals surface area contributed by atoms with Crippen molar-refractivity contribution in [1.29, 1.82) is 0 Å². The summed E-state index contributed by atoms with van der Waals surface area (Å²) in [5, 5.41) is 1.56. The van der Waals surface area contributed by atoms with E-state index in [1.54, 1.807) is 11.8 Å². The Kier molecular flexibility index (Phi) is 20.2. The molecule has 4 nitrogen and oxygen atoms in total. The minimum Gasteiger partial charge on any atom is -0.486 e. The Morgan fingerprint density at radius 3 is 1.94 bits per heavy atom. The first kappa shape index (κ1) is 31.6. The predicted octanol–water partition coefficient (Wildman–Crippen LogP) is 9.74. The lowest BCUT2D eigenvalue weighted by Gasteiger charge is -2.18. The summed E-state index contributed by atoms with van der Waals surface area (Å²) >= 11 is 13.6. The summed E-state index contributed by atoms with van der Waals surface area (Å²) in [7, 11) is 0. The van der Waals surface area contributed by atoms with E-state index in [2.05, 4.69) is 30.7 Å². The Balaban J connectivity index is 2.51. The molecule has 1 rings (SSSR count). The highest BCUT2D eigenvalue weighted by atomic mass is 35.5. The van der Waals surface area contributed by atoms with Crippen LogP contribution in [-0.2, 0) is 4.74 Å². The fraction of sp³-hybridized carbons (Fsp3) is 0.852. The number of halogens is 1. The zero-order chi connectivity index (χ0) is 24.9. The lowest BCUT2D eigenvalue weighted by atomic mass is 10.0. The molecular formula is C27H48ClN3OS2. The molecule has 0 radical (unpaired) electrons. The van der Waals surface area contributed by atoms with Gasteiger partial charge in [0, 0.05) is 5.75 Å². The molecule has 0 saturated heterocycles. The molecule has 0 saturated carbocycles. The van der Waals surface area contributed by atoms with Gasteiger partial charge in [-0.15, -0.1) is 0 Å². The van der Waals surface area contributed by atoms with E-state index in [1.807, 2.05) is 0 Å². The van der Waals surface area contributed by atoms with Crippen molar-refractivity contribution in [2.45, 2.75) is 141 Å². The Morgan fingerprint density at radius 2 is 1.32 bits per heavy atom. The summed E-state index contributed by atoms with van der Waals surface area (Å²) in [6, 6.07) is 0. The fourth-order valence-corrected chi connectivity index (χ4v) is 5.25. The molecular weight excluding hydrogens is 482 g/mol. The van der Waals surface area contributed by atoms with Crippen molar-refractivity contribution >= 4 is 40.6 Å². The third-order valence-electron chi connectivity index (χ3n) is 6.02. The molecule has 0 bridgehead atoms. The van der Waals surface area contributed by atoms with Crippen LogP contribution in [0.4, 0.5) is 0 Å². The van der Waals surface area contributed by atoms with E-state index in [1.165, 1.54) is 83.5 Å². The molecule has 0 fully saturated rings. The van der Waals surface area contributed by atoms with Gasteiger partial charge in [0.25, 0.3) is 0 Å². The Hall–Kier alpha value is -0.460. The van der Waals surface area contributed by atoms with Gasteiger partial charge in [-0.2, -0.15) is 4.98 Å². The molecule has 1 heterocycles. The van der Waals surface area contributed by atoms with E-state index in [0.29, 0.717) is 22.6 Å². The highest BCUT2D eigenvalue weighted by Gasteiger charge is 2.23. The van der Waals surface area contributed by atoms with Gasteiger partial charge in [-0.1, -0.05) is 122 Å². The smallest absolute Gasteiger partial charge is 0.226 e. The first-order valence-corrected chi connectivity index (χ1v) is 15.6. The van der Waals surface area contributed by atoms with Gasteiger partial charge in [0.05, 0.1) is 12.5 Å². The zero-order valence-corrected chi connectivity index (χ0v) is 24.3. The minimum atomic E-state index is -0.0991. The summed E-state index contributed by atoms with van der Waals surface area (Å²) in [6.45, 7) is 7.36. The SMILES string of the molecule is CCCCCCCCCCSc1nc(Cl)nc(C(CCCC)C(=S)OCCCCCCCC)n1. The summed E-state index contributed by atoms with van der Waals surface area (Å²) in [4.78, 5) is 13.5. The highest BCUT2D eigenvalue weighted by molar-refractivity contribution is 7.99. The van der Waals surface area contributed by atoms with Crippen LogP contribution < -0.4 is 0 Å². The lowest BCUT2D eigenvalue weighted by Crippen LogP contribution is -2.18. The normalized spacial score (nSPS) is 12.1.